The molecule has 1 N–H and O–H groups in total. The molecule has 0 spiro atoms. The summed E-state index contributed by atoms with van der Waals surface area (Å²) in [7, 11) is 0. The van der Waals surface area contributed by atoms with Crippen LogP contribution in [0, 0.1) is 5.92 Å². The maximum atomic E-state index is 4.14. The molecule has 0 aliphatic rings. The SMILES string of the molecule is CCc1cc(NCC(C)C)ncn1. The van der Waals surface area contributed by atoms with E-state index in [1.807, 2.05) is 6.07 Å². The Bertz CT molecular complexity index is 258. The monoisotopic (exact) mass is 179 g/mol. The van der Waals surface area contributed by atoms with Crippen molar-refractivity contribution in [3.63, 3.8) is 0 Å². The van der Waals surface area contributed by atoms with Crippen molar-refractivity contribution in [2.24, 2.45) is 5.92 Å². The normalized spacial score (nSPS) is 10.5. The second kappa shape index (κ2) is 4.80. The fourth-order valence-corrected chi connectivity index (χ4v) is 0.996. The highest BCUT2D eigenvalue weighted by Gasteiger charge is 1.97. The zero-order valence-corrected chi connectivity index (χ0v) is 8.54. The van der Waals surface area contributed by atoms with Gasteiger partial charge in [-0.1, -0.05) is 20.8 Å². The van der Waals surface area contributed by atoms with Gasteiger partial charge in [0.1, 0.15) is 12.1 Å². The van der Waals surface area contributed by atoms with Crippen molar-refractivity contribution in [3.05, 3.63) is 18.1 Å². The Hall–Kier alpha value is -1.12. The van der Waals surface area contributed by atoms with Gasteiger partial charge in [0, 0.05) is 18.3 Å². The van der Waals surface area contributed by atoms with Crippen LogP contribution in [0.15, 0.2) is 12.4 Å². The van der Waals surface area contributed by atoms with Crippen LogP contribution >= 0.6 is 0 Å². The Labute approximate surface area is 79.6 Å². The minimum absolute atomic E-state index is 0.639. The molecule has 0 saturated heterocycles. The van der Waals surface area contributed by atoms with Crippen LogP contribution in [-0.4, -0.2) is 16.5 Å². The summed E-state index contributed by atoms with van der Waals surface area (Å²) in [5.41, 5.74) is 1.08. The molecule has 1 rings (SSSR count). The molecule has 0 aliphatic carbocycles. The molecule has 0 saturated carbocycles. The smallest absolute Gasteiger partial charge is 0.129 e. The molecule has 1 aromatic heterocycles. The van der Waals surface area contributed by atoms with Crippen molar-refractivity contribution in [1.29, 1.82) is 0 Å². The van der Waals surface area contributed by atoms with Gasteiger partial charge in [0.25, 0.3) is 0 Å². The van der Waals surface area contributed by atoms with Gasteiger partial charge in [-0.15, -0.1) is 0 Å². The molecular weight excluding hydrogens is 162 g/mol. The zero-order valence-electron chi connectivity index (χ0n) is 8.54. The first kappa shape index (κ1) is 9.96. The van der Waals surface area contributed by atoms with Crippen LogP contribution in [0.25, 0.3) is 0 Å². The molecule has 72 valence electrons. The molecular formula is C10H17N3. The van der Waals surface area contributed by atoms with E-state index in [1.54, 1.807) is 6.33 Å². The van der Waals surface area contributed by atoms with Crippen LogP contribution in [0.3, 0.4) is 0 Å². The molecule has 13 heavy (non-hydrogen) atoms. The minimum Gasteiger partial charge on any atom is -0.370 e. The molecule has 3 nitrogen and oxygen atoms in total. The number of rotatable bonds is 4. The lowest BCUT2D eigenvalue weighted by Crippen LogP contribution is -2.09. The molecule has 0 atom stereocenters. The average Bonchev–Trinajstić information content (AvgIpc) is 2.15. The molecule has 0 aliphatic heterocycles. The third-order valence-corrected chi connectivity index (χ3v) is 1.78. The standard InChI is InChI=1S/C10H17N3/c1-4-9-5-10(13-7-12-9)11-6-8(2)3/h5,7-8H,4,6H2,1-3H3,(H,11,12,13). The van der Waals surface area contributed by atoms with Gasteiger partial charge < -0.3 is 5.32 Å². The Balaban J connectivity index is 2.56. The summed E-state index contributed by atoms with van der Waals surface area (Å²) >= 11 is 0. The minimum atomic E-state index is 0.639. The summed E-state index contributed by atoms with van der Waals surface area (Å²) in [4.78, 5) is 8.27. The van der Waals surface area contributed by atoms with Crippen molar-refractivity contribution in [3.8, 4) is 0 Å². The quantitative estimate of drug-likeness (QED) is 0.769. The molecule has 1 aromatic rings. The van der Waals surface area contributed by atoms with Crippen molar-refractivity contribution in [1.82, 2.24) is 9.97 Å². The van der Waals surface area contributed by atoms with Crippen LogP contribution in [0.4, 0.5) is 5.82 Å². The number of aromatic nitrogens is 2. The van der Waals surface area contributed by atoms with E-state index in [0.717, 1.165) is 24.5 Å². The Kier molecular flexibility index (Phi) is 3.68. The van der Waals surface area contributed by atoms with E-state index < -0.39 is 0 Å². The van der Waals surface area contributed by atoms with E-state index in [-0.39, 0.29) is 0 Å². The molecule has 0 fully saturated rings. The number of nitrogens with one attached hydrogen (secondary N) is 1. The van der Waals surface area contributed by atoms with Gasteiger partial charge in [-0.25, -0.2) is 9.97 Å². The Morgan fingerprint density at radius 2 is 2.15 bits per heavy atom. The van der Waals surface area contributed by atoms with E-state index in [0.29, 0.717) is 5.92 Å². The number of hydrogen-bond donors (Lipinski definition) is 1. The Morgan fingerprint density at radius 1 is 1.38 bits per heavy atom. The van der Waals surface area contributed by atoms with Gasteiger partial charge in [0.15, 0.2) is 0 Å². The van der Waals surface area contributed by atoms with Gasteiger partial charge in [0.2, 0.25) is 0 Å². The van der Waals surface area contributed by atoms with E-state index >= 15 is 0 Å². The van der Waals surface area contributed by atoms with E-state index in [4.69, 9.17) is 0 Å². The summed E-state index contributed by atoms with van der Waals surface area (Å²) in [5, 5.41) is 3.27. The molecule has 0 unspecified atom stereocenters. The van der Waals surface area contributed by atoms with Gasteiger partial charge >= 0.3 is 0 Å². The first-order valence-corrected chi connectivity index (χ1v) is 4.77. The van der Waals surface area contributed by atoms with Crippen LogP contribution < -0.4 is 5.32 Å². The number of nitrogens with zero attached hydrogens (tertiary/aromatic N) is 2. The maximum Gasteiger partial charge on any atom is 0.129 e. The largest absolute Gasteiger partial charge is 0.370 e. The second-order valence-corrected chi connectivity index (χ2v) is 3.52. The molecule has 3 heteroatoms. The van der Waals surface area contributed by atoms with Crippen LogP contribution in [0.1, 0.15) is 26.5 Å². The average molecular weight is 179 g/mol. The summed E-state index contributed by atoms with van der Waals surface area (Å²) in [6, 6.07) is 2.00. The second-order valence-electron chi connectivity index (χ2n) is 3.52. The van der Waals surface area contributed by atoms with Crippen LogP contribution in [0.2, 0.25) is 0 Å². The number of aryl methyl sites for hydroxylation is 1. The lowest BCUT2D eigenvalue weighted by Gasteiger charge is -2.07. The zero-order chi connectivity index (χ0) is 9.68. The first-order valence-electron chi connectivity index (χ1n) is 4.77. The molecule has 0 bridgehead atoms. The van der Waals surface area contributed by atoms with Crippen molar-refractivity contribution in [2.75, 3.05) is 11.9 Å². The van der Waals surface area contributed by atoms with Gasteiger partial charge in [0.05, 0.1) is 0 Å². The Morgan fingerprint density at radius 3 is 2.77 bits per heavy atom. The topological polar surface area (TPSA) is 37.8 Å². The lowest BCUT2D eigenvalue weighted by atomic mass is 10.2. The fraction of sp³-hybridized carbons (Fsp3) is 0.600. The highest BCUT2D eigenvalue weighted by molar-refractivity contribution is 5.34. The molecule has 1 heterocycles. The van der Waals surface area contributed by atoms with Crippen molar-refractivity contribution in [2.45, 2.75) is 27.2 Å². The van der Waals surface area contributed by atoms with E-state index in [9.17, 15) is 0 Å². The summed E-state index contributed by atoms with van der Waals surface area (Å²) in [6.07, 6.45) is 2.57. The van der Waals surface area contributed by atoms with Crippen LogP contribution in [0.5, 0.6) is 0 Å². The highest BCUT2D eigenvalue weighted by Crippen LogP contribution is 2.05. The van der Waals surface area contributed by atoms with Gasteiger partial charge in [-0.2, -0.15) is 0 Å². The van der Waals surface area contributed by atoms with Gasteiger partial charge in [-0.3, -0.25) is 0 Å². The summed E-state index contributed by atoms with van der Waals surface area (Å²) in [6.45, 7) is 7.40. The first-order chi connectivity index (χ1) is 6.22. The maximum absolute atomic E-state index is 4.14. The molecule has 0 aromatic carbocycles. The van der Waals surface area contributed by atoms with Crippen LogP contribution in [-0.2, 0) is 6.42 Å². The highest BCUT2D eigenvalue weighted by atomic mass is 15.0. The third-order valence-electron chi connectivity index (χ3n) is 1.78. The van der Waals surface area contributed by atoms with Gasteiger partial charge in [-0.05, 0) is 12.3 Å². The predicted molar refractivity (Wildman–Crippen MR) is 54.7 cm³/mol. The van der Waals surface area contributed by atoms with Crippen molar-refractivity contribution < 1.29 is 0 Å². The van der Waals surface area contributed by atoms with Crippen molar-refractivity contribution >= 4 is 5.82 Å². The number of hydrogen-bond acceptors (Lipinski definition) is 3. The molecule has 0 radical (unpaired) electrons. The predicted octanol–water partition coefficient (Wildman–Crippen LogP) is 2.11. The summed E-state index contributed by atoms with van der Waals surface area (Å²) in [5.74, 6) is 1.57. The summed E-state index contributed by atoms with van der Waals surface area (Å²) < 4.78 is 0. The van der Waals surface area contributed by atoms with E-state index in [2.05, 4.69) is 36.1 Å². The fourth-order valence-electron chi connectivity index (χ4n) is 0.996. The molecule has 0 amide bonds. The lowest BCUT2D eigenvalue weighted by molar-refractivity contribution is 0.686. The third kappa shape index (κ3) is 3.40. The van der Waals surface area contributed by atoms with E-state index in [1.165, 1.54) is 0 Å². The number of anilines is 1.